The van der Waals surface area contributed by atoms with Gasteiger partial charge in [0.25, 0.3) is 0 Å². The molecule has 1 aliphatic heterocycles. The third kappa shape index (κ3) is 1.70. The van der Waals surface area contributed by atoms with Crippen molar-refractivity contribution in [2.24, 2.45) is 0 Å². The van der Waals surface area contributed by atoms with E-state index in [0.717, 1.165) is 22.5 Å². The van der Waals surface area contributed by atoms with Crippen LogP contribution < -0.4 is 5.32 Å². The first-order valence-electron chi connectivity index (χ1n) is 5.56. The molecule has 2 aromatic carbocycles. The number of hydrogen-bond donors (Lipinski definition) is 2. The van der Waals surface area contributed by atoms with Gasteiger partial charge in [0.2, 0.25) is 0 Å². The molecule has 1 unspecified atom stereocenters. The highest BCUT2D eigenvalue weighted by Crippen LogP contribution is 2.41. The topological polar surface area (TPSA) is 32.3 Å². The van der Waals surface area contributed by atoms with Gasteiger partial charge < -0.3 is 10.4 Å². The minimum Gasteiger partial charge on any atom is -0.395 e. The van der Waals surface area contributed by atoms with Gasteiger partial charge in [0.05, 0.1) is 6.61 Å². The third-order valence-electron chi connectivity index (χ3n) is 3.18. The Hall–Kier alpha value is -1.51. The van der Waals surface area contributed by atoms with E-state index in [9.17, 15) is 5.11 Å². The second-order valence-corrected chi connectivity index (χ2v) is 4.62. The maximum Gasteiger partial charge on any atom is 0.0542 e. The largest absolute Gasteiger partial charge is 0.395 e. The number of para-hydroxylation sites is 1. The van der Waals surface area contributed by atoms with Crippen molar-refractivity contribution >= 4 is 23.0 Å². The van der Waals surface area contributed by atoms with Crippen molar-refractivity contribution in [3.8, 4) is 0 Å². The van der Waals surface area contributed by atoms with Gasteiger partial charge in [0.15, 0.2) is 0 Å². The van der Waals surface area contributed by atoms with Crippen LogP contribution in [-0.2, 0) is 0 Å². The first-order chi connectivity index (χ1) is 8.29. The summed E-state index contributed by atoms with van der Waals surface area (Å²) in [6.45, 7) is 0.0893. The van der Waals surface area contributed by atoms with E-state index in [4.69, 9.17) is 11.6 Å². The average Bonchev–Trinajstić information content (AvgIpc) is 2.36. The highest BCUT2D eigenvalue weighted by Gasteiger charge is 2.24. The van der Waals surface area contributed by atoms with E-state index in [0.29, 0.717) is 5.02 Å². The predicted molar refractivity (Wildman–Crippen MR) is 70.1 cm³/mol. The molecule has 17 heavy (non-hydrogen) atoms. The van der Waals surface area contributed by atoms with Crippen LogP contribution in [0.4, 0.5) is 11.4 Å². The lowest BCUT2D eigenvalue weighted by molar-refractivity contribution is 0.280. The van der Waals surface area contributed by atoms with Crippen LogP contribution in [0.15, 0.2) is 42.5 Å². The van der Waals surface area contributed by atoms with E-state index in [1.807, 2.05) is 42.5 Å². The van der Waals surface area contributed by atoms with Gasteiger partial charge in [-0.05, 0) is 35.4 Å². The van der Waals surface area contributed by atoms with Gasteiger partial charge in [-0.2, -0.15) is 0 Å². The summed E-state index contributed by atoms with van der Waals surface area (Å²) in [7, 11) is 0. The fourth-order valence-corrected chi connectivity index (χ4v) is 2.54. The highest BCUT2D eigenvalue weighted by atomic mass is 35.5. The number of rotatable bonds is 1. The first-order valence-corrected chi connectivity index (χ1v) is 5.93. The number of anilines is 2. The minimum absolute atomic E-state index is 0.00106. The van der Waals surface area contributed by atoms with E-state index < -0.39 is 0 Å². The maximum absolute atomic E-state index is 9.60. The smallest absolute Gasteiger partial charge is 0.0542 e. The van der Waals surface area contributed by atoms with Crippen LogP contribution in [0.5, 0.6) is 0 Å². The number of hydrogen-bond acceptors (Lipinski definition) is 2. The SMILES string of the molecule is OCC1c2ccccc2Nc2ccc(Cl)cc21. The summed E-state index contributed by atoms with van der Waals surface area (Å²) >= 11 is 6.02. The standard InChI is InChI=1S/C14H12ClNO/c15-9-5-6-14-11(7-9)12(8-17)10-3-1-2-4-13(10)16-14/h1-7,12,16-17H,8H2. The molecule has 2 nitrogen and oxygen atoms in total. The van der Waals surface area contributed by atoms with Crippen molar-refractivity contribution in [3.05, 3.63) is 58.6 Å². The molecular formula is C14H12ClNO. The van der Waals surface area contributed by atoms with Crippen molar-refractivity contribution in [3.63, 3.8) is 0 Å². The third-order valence-corrected chi connectivity index (χ3v) is 3.41. The molecular weight excluding hydrogens is 234 g/mol. The Kier molecular flexibility index (Phi) is 2.54. The number of aliphatic hydroxyl groups is 1. The lowest BCUT2D eigenvalue weighted by Crippen LogP contribution is -2.15. The van der Waals surface area contributed by atoms with Crippen LogP contribution in [-0.4, -0.2) is 11.7 Å². The van der Waals surface area contributed by atoms with Crippen molar-refractivity contribution in [2.75, 3.05) is 11.9 Å². The molecule has 0 saturated heterocycles. The predicted octanol–water partition coefficient (Wildman–Crippen LogP) is 3.52. The van der Waals surface area contributed by atoms with Gasteiger partial charge >= 0.3 is 0 Å². The molecule has 3 rings (SSSR count). The molecule has 0 amide bonds. The Morgan fingerprint density at radius 3 is 2.65 bits per heavy atom. The number of halogens is 1. The Labute approximate surface area is 105 Å². The first kappa shape index (κ1) is 10.6. The molecule has 2 N–H and O–H groups in total. The zero-order valence-electron chi connectivity index (χ0n) is 9.15. The summed E-state index contributed by atoms with van der Waals surface area (Å²) in [5.41, 5.74) is 4.25. The maximum atomic E-state index is 9.60. The van der Waals surface area contributed by atoms with Crippen molar-refractivity contribution < 1.29 is 5.11 Å². The summed E-state index contributed by atoms with van der Waals surface area (Å²) in [4.78, 5) is 0. The average molecular weight is 246 g/mol. The molecule has 0 radical (unpaired) electrons. The Morgan fingerprint density at radius 1 is 1.06 bits per heavy atom. The molecule has 0 spiro atoms. The lowest BCUT2D eigenvalue weighted by atomic mass is 9.86. The summed E-state index contributed by atoms with van der Waals surface area (Å²) in [5.74, 6) is 0.00106. The van der Waals surface area contributed by atoms with Crippen LogP contribution in [0.3, 0.4) is 0 Å². The van der Waals surface area contributed by atoms with Gasteiger partial charge in [-0.1, -0.05) is 29.8 Å². The van der Waals surface area contributed by atoms with Crippen molar-refractivity contribution in [1.29, 1.82) is 0 Å². The van der Waals surface area contributed by atoms with E-state index in [-0.39, 0.29) is 12.5 Å². The quantitative estimate of drug-likeness (QED) is 0.806. The summed E-state index contributed by atoms with van der Waals surface area (Å²) in [6, 6.07) is 13.8. The van der Waals surface area contributed by atoms with Crippen LogP contribution in [0.1, 0.15) is 17.0 Å². The normalized spacial score (nSPS) is 16.9. The number of benzene rings is 2. The van der Waals surface area contributed by atoms with Crippen LogP contribution in [0.25, 0.3) is 0 Å². The molecule has 3 heteroatoms. The van der Waals surface area contributed by atoms with Gasteiger partial charge in [-0.25, -0.2) is 0 Å². The Morgan fingerprint density at radius 2 is 1.82 bits per heavy atom. The van der Waals surface area contributed by atoms with Crippen LogP contribution in [0, 0.1) is 0 Å². The summed E-state index contributed by atoms with van der Waals surface area (Å²) in [5, 5.41) is 13.7. The Bertz CT molecular complexity index is 568. The second-order valence-electron chi connectivity index (χ2n) is 4.18. The van der Waals surface area contributed by atoms with Crippen molar-refractivity contribution in [2.45, 2.75) is 5.92 Å². The van der Waals surface area contributed by atoms with E-state index in [1.165, 1.54) is 0 Å². The molecule has 0 aliphatic carbocycles. The van der Waals surface area contributed by atoms with E-state index in [2.05, 4.69) is 5.32 Å². The molecule has 0 saturated carbocycles. The molecule has 1 atom stereocenters. The van der Waals surface area contributed by atoms with Crippen molar-refractivity contribution in [1.82, 2.24) is 0 Å². The van der Waals surface area contributed by atoms with Gasteiger partial charge in [0.1, 0.15) is 0 Å². The van der Waals surface area contributed by atoms with Gasteiger partial charge in [-0.3, -0.25) is 0 Å². The van der Waals surface area contributed by atoms with Gasteiger partial charge in [-0.15, -0.1) is 0 Å². The summed E-state index contributed by atoms with van der Waals surface area (Å²) in [6.07, 6.45) is 0. The minimum atomic E-state index is 0.00106. The van der Waals surface area contributed by atoms with Crippen LogP contribution >= 0.6 is 11.6 Å². The zero-order chi connectivity index (χ0) is 11.8. The fourth-order valence-electron chi connectivity index (χ4n) is 2.36. The monoisotopic (exact) mass is 245 g/mol. The second kappa shape index (κ2) is 4.06. The summed E-state index contributed by atoms with van der Waals surface area (Å²) < 4.78 is 0. The Balaban J connectivity index is 2.19. The number of aliphatic hydroxyl groups excluding tert-OH is 1. The van der Waals surface area contributed by atoms with Gasteiger partial charge in [0, 0.05) is 22.3 Å². The number of nitrogens with one attached hydrogen (secondary N) is 1. The molecule has 1 heterocycles. The van der Waals surface area contributed by atoms with E-state index >= 15 is 0 Å². The molecule has 0 fully saturated rings. The molecule has 1 aliphatic rings. The molecule has 0 aromatic heterocycles. The fraction of sp³-hybridized carbons (Fsp3) is 0.143. The number of fused-ring (bicyclic) bond motifs is 2. The van der Waals surface area contributed by atoms with E-state index in [1.54, 1.807) is 0 Å². The molecule has 0 bridgehead atoms. The van der Waals surface area contributed by atoms with Crippen LogP contribution in [0.2, 0.25) is 5.02 Å². The molecule has 2 aromatic rings. The lowest BCUT2D eigenvalue weighted by Gasteiger charge is -2.28. The zero-order valence-corrected chi connectivity index (χ0v) is 9.91. The molecule has 86 valence electrons. The highest BCUT2D eigenvalue weighted by molar-refractivity contribution is 6.30.